The van der Waals surface area contributed by atoms with E-state index in [0.29, 0.717) is 6.10 Å². The Bertz CT molecular complexity index is 155. The molecule has 2 nitrogen and oxygen atoms in total. The van der Waals surface area contributed by atoms with Crippen molar-refractivity contribution < 1.29 is 4.74 Å². The van der Waals surface area contributed by atoms with Gasteiger partial charge in [0.2, 0.25) is 0 Å². The monoisotopic (exact) mass is 213 g/mol. The molecular formula is C13H27NO. The molecule has 0 heterocycles. The van der Waals surface area contributed by atoms with E-state index in [2.05, 4.69) is 26.1 Å². The lowest BCUT2D eigenvalue weighted by Crippen LogP contribution is -2.25. The highest BCUT2D eigenvalue weighted by Gasteiger charge is 2.21. The van der Waals surface area contributed by atoms with Gasteiger partial charge in [-0.05, 0) is 52.0 Å². The van der Waals surface area contributed by atoms with Crippen LogP contribution in [0.1, 0.15) is 52.9 Å². The summed E-state index contributed by atoms with van der Waals surface area (Å²) in [5.74, 6) is 0.814. The maximum Gasteiger partial charge on any atom is 0.0518 e. The zero-order chi connectivity index (χ0) is 11.1. The molecule has 1 fully saturated rings. The van der Waals surface area contributed by atoms with Crippen molar-refractivity contribution in [1.82, 2.24) is 5.32 Å². The van der Waals surface area contributed by atoms with Crippen LogP contribution in [-0.4, -0.2) is 25.3 Å². The first kappa shape index (κ1) is 13.0. The molecule has 2 heteroatoms. The molecule has 0 saturated heterocycles. The summed E-state index contributed by atoms with van der Waals surface area (Å²) in [4.78, 5) is 0. The van der Waals surface area contributed by atoms with Gasteiger partial charge in [0.15, 0.2) is 0 Å². The quantitative estimate of drug-likeness (QED) is 0.636. The largest absolute Gasteiger partial charge is 0.379 e. The minimum Gasteiger partial charge on any atom is -0.379 e. The van der Waals surface area contributed by atoms with Gasteiger partial charge in [0.05, 0.1) is 6.10 Å². The van der Waals surface area contributed by atoms with Crippen molar-refractivity contribution >= 4 is 0 Å². The van der Waals surface area contributed by atoms with Crippen molar-refractivity contribution in [3.8, 4) is 0 Å². The summed E-state index contributed by atoms with van der Waals surface area (Å²) in [6.45, 7) is 8.61. The minimum atomic E-state index is 0.378. The van der Waals surface area contributed by atoms with Crippen LogP contribution in [0.4, 0.5) is 0 Å². The summed E-state index contributed by atoms with van der Waals surface area (Å²) in [6.07, 6.45) is 7.00. The summed E-state index contributed by atoms with van der Waals surface area (Å²) in [5.41, 5.74) is 0. The van der Waals surface area contributed by atoms with Crippen molar-refractivity contribution in [3.05, 3.63) is 0 Å². The molecule has 1 rings (SSSR count). The van der Waals surface area contributed by atoms with Crippen molar-refractivity contribution in [1.29, 1.82) is 0 Å². The van der Waals surface area contributed by atoms with Crippen LogP contribution < -0.4 is 5.32 Å². The van der Waals surface area contributed by atoms with E-state index in [-0.39, 0.29) is 0 Å². The predicted octanol–water partition coefficient (Wildman–Crippen LogP) is 2.97. The summed E-state index contributed by atoms with van der Waals surface area (Å²) < 4.78 is 5.61. The van der Waals surface area contributed by atoms with Crippen LogP contribution in [-0.2, 0) is 4.74 Å². The summed E-state index contributed by atoms with van der Waals surface area (Å²) in [7, 11) is 0. The fourth-order valence-electron chi connectivity index (χ4n) is 1.85. The van der Waals surface area contributed by atoms with E-state index in [1.165, 1.54) is 38.6 Å². The van der Waals surface area contributed by atoms with Crippen molar-refractivity contribution in [2.45, 2.75) is 65.0 Å². The summed E-state index contributed by atoms with van der Waals surface area (Å²) in [5, 5.41) is 3.62. The molecule has 15 heavy (non-hydrogen) atoms. The molecule has 90 valence electrons. The molecule has 0 amide bonds. The van der Waals surface area contributed by atoms with Crippen LogP contribution in [0, 0.1) is 5.92 Å². The highest BCUT2D eigenvalue weighted by atomic mass is 16.5. The Morgan fingerprint density at radius 3 is 2.53 bits per heavy atom. The van der Waals surface area contributed by atoms with E-state index < -0.39 is 0 Å². The lowest BCUT2D eigenvalue weighted by Gasteiger charge is -2.17. The van der Waals surface area contributed by atoms with Crippen LogP contribution in [0.2, 0.25) is 0 Å². The summed E-state index contributed by atoms with van der Waals surface area (Å²) >= 11 is 0. The van der Waals surface area contributed by atoms with Crippen LogP contribution in [0.25, 0.3) is 0 Å². The third kappa shape index (κ3) is 6.91. The fraction of sp³-hybridized carbons (Fsp3) is 1.00. The zero-order valence-electron chi connectivity index (χ0n) is 10.6. The number of hydrogen-bond donors (Lipinski definition) is 1. The predicted molar refractivity (Wildman–Crippen MR) is 65.1 cm³/mol. The first-order valence-electron chi connectivity index (χ1n) is 6.57. The average molecular weight is 213 g/mol. The lowest BCUT2D eigenvalue weighted by molar-refractivity contribution is 0.0674. The molecule has 0 aromatic rings. The second-order valence-corrected chi connectivity index (χ2v) is 5.05. The van der Waals surface area contributed by atoms with E-state index >= 15 is 0 Å². The van der Waals surface area contributed by atoms with Crippen molar-refractivity contribution in [3.63, 3.8) is 0 Å². The number of nitrogens with one attached hydrogen (secondary N) is 1. The number of ether oxygens (including phenoxy) is 1. The Balaban J connectivity index is 2.05. The summed E-state index contributed by atoms with van der Waals surface area (Å²) in [6, 6.07) is 0.843. The highest BCUT2D eigenvalue weighted by molar-refractivity contribution is 4.81. The molecule has 0 radical (unpaired) electrons. The van der Waals surface area contributed by atoms with Gasteiger partial charge in [0.1, 0.15) is 0 Å². The van der Waals surface area contributed by atoms with E-state index in [1.807, 2.05) is 0 Å². The highest BCUT2D eigenvalue weighted by Crippen LogP contribution is 2.20. The normalized spacial score (nSPS) is 18.4. The van der Waals surface area contributed by atoms with E-state index in [0.717, 1.165) is 18.6 Å². The van der Waals surface area contributed by atoms with Crippen LogP contribution in [0.15, 0.2) is 0 Å². The maximum absolute atomic E-state index is 5.61. The molecular weight excluding hydrogens is 186 g/mol. The minimum absolute atomic E-state index is 0.378. The van der Waals surface area contributed by atoms with Gasteiger partial charge in [-0.3, -0.25) is 0 Å². The van der Waals surface area contributed by atoms with Gasteiger partial charge < -0.3 is 10.1 Å². The zero-order valence-corrected chi connectivity index (χ0v) is 10.6. The molecule has 0 aromatic heterocycles. The van der Waals surface area contributed by atoms with Gasteiger partial charge in [-0.2, -0.15) is 0 Å². The molecule has 1 aliphatic carbocycles. The SMILES string of the molecule is CCCC(CCOC(C)C)CNC1CC1. The first-order chi connectivity index (χ1) is 7.22. The van der Waals surface area contributed by atoms with Gasteiger partial charge in [-0.1, -0.05) is 13.3 Å². The van der Waals surface area contributed by atoms with Gasteiger partial charge in [0, 0.05) is 12.6 Å². The second-order valence-electron chi connectivity index (χ2n) is 5.05. The van der Waals surface area contributed by atoms with Gasteiger partial charge >= 0.3 is 0 Å². The molecule has 1 saturated carbocycles. The first-order valence-corrected chi connectivity index (χ1v) is 6.57. The Morgan fingerprint density at radius 1 is 1.27 bits per heavy atom. The standard InChI is InChI=1S/C13H27NO/c1-4-5-12(8-9-15-11(2)3)10-14-13-6-7-13/h11-14H,4-10H2,1-3H3. The maximum atomic E-state index is 5.61. The molecule has 0 spiro atoms. The smallest absolute Gasteiger partial charge is 0.0518 e. The number of rotatable bonds is 9. The molecule has 0 bridgehead atoms. The second kappa shape index (κ2) is 7.24. The van der Waals surface area contributed by atoms with Crippen molar-refractivity contribution in [2.75, 3.05) is 13.2 Å². The van der Waals surface area contributed by atoms with E-state index in [9.17, 15) is 0 Å². The molecule has 1 unspecified atom stereocenters. The van der Waals surface area contributed by atoms with E-state index in [1.54, 1.807) is 0 Å². The number of hydrogen-bond acceptors (Lipinski definition) is 2. The molecule has 1 aliphatic rings. The van der Waals surface area contributed by atoms with Gasteiger partial charge in [0.25, 0.3) is 0 Å². The van der Waals surface area contributed by atoms with Crippen LogP contribution >= 0.6 is 0 Å². The van der Waals surface area contributed by atoms with Gasteiger partial charge in [-0.25, -0.2) is 0 Å². The Hall–Kier alpha value is -0.0800. The van der Waals surface area contributed by atoms with Crippen LogP contribution in [0.5, 0.6) is 0 Å². The third-order valence-corrected chi connectivity index (χ3v) is 2.95. The Labute approximate surface area is 94.8 Å². The topological polar surface area (TPSA) is 21.3 Å². The lowest BCUT2D eigenvalue weighted by atomic mass is 10.0. The third-order valence-electron chi connectivity index (χ3n) is 2.95. The molecule has 1 N–H and O–H groups in total. The molecule has 1 atom stereocenters. The molecule has 0 aliphatic heterocycles. The van der Waals surface area contributed by atoms with E-state index in [4.69, 9.17) is 4.74 Å². The fourth-order valence-corrected chi connectivity index (χ4v) is 1.85. The van der Waals surface area contributed by atoms with Crippen LogP contribution in [0.3, 0.4) is 0 Å². The average Bonchev–Trinajstić information content (AvgIpc) is 2.97. The van der Waals surface area contributed by atoms with Crippen molar-refractivity contribution in [2.24, 2.45) is 5.92 Å². The van der Waals surface area contributed by atoms with Gasteiger partial charge in [-0.15, -0.1) is 0 Å². The Morgan fingerprint density at radius 2 is 2.00 bits per heavy atom. The molecule has 0 aromatic carbocycles. The Kier molecular flexibility index (Phi) is 6.26.